The summed E-state index contributed by atoms with van der Waals surface area (Å²) in [5, 5.41) is 11.4. The van der Waals surface area contributed by atoms with Crippen LogP contribution in [0.4, 0.5) is 0 Å². The highest BCUT2D eigenvalue weighted by Crippen LogP contribution is 2.28. The van der Waals surface area contributed by atoms with E-state index >= 15 is 0 Å². The van der Waals surface area contributed by atoms with E-state index in [9.17, 15) is 5.11 Å². The normalized spacial score (nSPS) is 10.5. The highest BCUT2D eigenvalue weighted by Gasteiger charge is 2.08. The van der Waals surface area contributed by atoms with Crippen LogP contribution in [0.15, 0.2) is 73.4 Å². The number of nitrogens with zero attached hydrogens (tertiary/aromatic N) is 3. The number of imidazole rings is 1. The Morgan fingerprint density at radius 1 is 1.08 bits per heavy atom. The van der Waals surface area contributed by atoms with Gasteiger partial charge in [0.1, 0.15) is 5.75 Å². The Labute approximate surface area is 151 Å². The fraction of sp³-hybridized carbons (Fsp3) is 0.0909. The summed E-state index contributed by atoms with van der Waals surface area (Å²) < 4.78 is 1.89. The van der Waals surface area contributed by atoms with Crippen LogP contribution in [-0.2, 0) is 13.0 Å². The van der Waals surface area contributed by atoms with Gasteiger partial charge in [-0.1, -0.05) is 42.2 Å². The molecule has 1 N–H and O–H groups in total. The molecule has 0 bridgehead atoms. The highest BCUT2D eigenvalue weighted by molar-refractivity contribution is 5.87. The summed E-state index contributed by atoms with van der Waals surface area (Å²) in [6.07, 6.45) is 7.69. The van der Waals surface area contributed by atoms with E-state index in [2.05, 4.69) is 33.9 Å². The van der Waals surface area contributed by atoms with Gasteiger partial charge in [0.25, 0.3) is 0 Å². The van der Waals surface area contributed by atoms with E-state index in [0.717, 1.165) is 16.6 Å². The van der Waals surface area contributed by atoms with Crippen LogP contribution in [0.1, 0.15) is 16.7 Å². The Balaban J connectivity index is 1.62. The van der Waals surface area contributed by atoms with Gasteiger partial charge in [-0.2, -0.15) is 0 Å². The molecule has 126 valence electrons. The summed E-state index contributed by atoms with van der Waals surface area (Å²) >= 11 is 0. The van der Waals surface area contributed by atoms with Gasteiger partial charge < -0.3 is 9.67 Å². The third-order valence-corrected chi connectivity index (χ3v) is 4.20. The third kappa shape index (κ3) is 3.42. The molecule has 0 saturated heterocycles. The van der Waals surface area contributed by atoms with Crippen molar-refractivity contribution in [3.63, 3.8) is 0 Å². The van der Waals surface area contributed by atoms with Crippen molar-refractivity contribution >= 4 is 10.9 Å². The van der Waals surface area contributed by atoms with Gasteiger partial charge in [0, 0.05) is 41.5 Å². The average Bonchev–Trinajstić information content (AvgIpc) is 3.18. The van der Waals surface area contributed by atoms with Crippen molar-refractivity contribution in [2.45, 2.75) is 13.0 Å². The number of hydrogen-bond acceptors (Lipinski definition) is 3. The maximum atomic E-state index is 10.7. The molecule has 2 heterocycles. The van der Waals surface area contributed by atoms with Crippen molar-refractivity contribution in [2.24, 2.45) is 0 Å². The fourth-order valence-corrected chi connectivity index (χ4v) is 2.83. The van der Waals surface area contributed by atoms with Crippen molar-refractivity contribution in [3.8, 4) is 17.6 Å². The molecule has 0 aliphatic carbocycles. The van der Waals surface area contributed by atoms with Gasteiger partial charge in [-0.25, -0.2) is 4.98 Å². The van der Waals surface area contributed by atoms with Crippen molar-refractivity contribution in [1.29, 1.82) is 0 Å². The molecule has 0 aliphatic heterocycles. The van der Waals surface area contributed by atoms with Gasteiger partial charge in [-0.15, -0.1) is 0 Å². The monoisotopic (exact) mass is 339 g/mol. The van der Waals surface area contributed by atoms with E-state index < -0.39 is 0 Å². The van der Waals surface area contributed by atoms with Crippen LogP contribution in [0.5, 0.6) is 5.75 Å². The predicted molar refractivity (Wildman–Crippen MR) is 102 cm³/mol. The lowest BCUT2D eigenvalue weighted by Gasteiger charge is -2.08. The van der Waals surface area contributed by atoms with E-state index in [1.54, 1.807) is 18.7 Å². The van der Waals surface area contributed by atoms with E-state index in [-0.39, 0.29) is 5.75 Å². The van der Waals surface area contributed by atoms with Crippen molar-refractivity contribution in [1.82, 2.24) is 14.5 Å². The Kier molecular flexibility index (Phi) is 4.36. The quantitative estimate of drug-likeness (QED) is 0.578. The molecule has 4 nitrogen and oxygen atoms in total. The van der Waals surface area contributed by atoms with Crippen LogP contribution in [0, 0.1) is 11.8 Å². The molecule has 4 aromatic rings. The smallest absolute Gasteiger partial charge is 0.131 e. The minimum Gasteiger partial charge on any atom is -0.507 e. The van der Waals surface area contributed by atoms with E-state index in [4.69, 9.17) is 0 Å². The molecule has 0 unspecified atom stereocenters. The lowest BCUT2D eigenvalue weighted by molar-refractivity contribution is 0.471. The second-order valence-corrected chi connectivity index (χ2v) is 6.06. The number of hydrogen-bond donors (Lipinski definition) is 1. The summed E-state index contributed by atoms with van der Waals surface area (Å²) in [4.78, 5) is 8.48. The second kappa shape index (κ2) is 7.12. The maximum Gasteiger partial charge on any atom is 0.131 e. The lowest BCUT2D eigenvalue weighted by Crippen LogP contribution is -1.98. The molecule has 0 saturated carbocycles. The van der Waals surface area contributed by atoms with Crippen molar-refractivity contribution in [3.05, 3.63) is 90.1 Å². The van der Waals surface area contributed by atoms with Crippen LogP contribution in [0.25, 0.3) is 10.9 Å². The minimum absolute atomic E-state index is 0.246. The zero-order valence-electron chi connectivity index (χ0n) is 14.1. The number of benzene rings is 2. The molecular formula is C22H17N3O. The van der Waals surface area contributed by atoms with Gasteiger partial charge in [0.05, 0.1) is 18.4 Å². The number of pyridine rings is 1. The molecule has 0 spiro atoms. The van der Waals surface area contributed by atoms with Gasteiger partial charge in [-0.05, 0) is 23.8 Å². The number of aromatic nitrogens is 3. The minimum atomic E-state index is 0.246. The standard InChI is InChI=1S/C22H17N3O/c26-22-19(15-25-12-11-23-16-25)14-24-21-10-9-18(13-20(21)22)8-4-7-17-5-2-1-3-6-17/h1-3,5-6,9-14,16H,7,15H2,(H,24,26). The van der Waals surface area contributed by atoms with Gasteiger partial charge in [0.15, 0.2) is 0 Å². The zero-order valence-corrected chi connectivity index (χ0v) is 14.1. The summed E-state index contributed by atoms with van der Waals surface area (Å²) in [7, 11) is 0. The molecule has 0 aliphatic rings. The van der Waals surface area contributed by atoms with Crippen LogP contribution in [0.2, 0.25) is 0 Å². The predicted octanol–water partition coefficient (Wildman–Crippen LogP) is 3.78. The Bertz CT molecular complexity index is 1090. The van der Waals surface area contributed by atoms with Crippen LogP contribution in [-0.4, -0.2) is 19.6 Å². The molecule has 0 radical (unpaired) electrons. The molecule has 2 aromatic heterocycles. The Morgan fingerprint density at radius 3 is 2.77 bits per heavy atom. The first-order valence-corrected chi connectivity index (χ1v) is 8.39. The molecule has 0 fully saturated rings. The highest BCUT2D eigenvalue weighted by atomic mass is 16.3. The molecule has 26 heavy (non-hydrogen) atoms. The molecule has 0 atom stereocenters. The second-order valence-electron chi connectivity index (χ2n) is 6.06. The average molecular weight is 339 g/mol. The van der Waals surface area contributed by atoms with Crippen molar-refractivity contribution < 1.29 is 5.11 Å². The topological polar surface area (TPSA) is 50.9 Å². The molecule has 4 heteroatoms. The molecule has 4 rings (SSSR count). The van der Waals surface area contributed by atoms with Crippen LogP contribution >= 0.6 is 0 Å². The molecule has 0 amide bonds. The van der Waals surface area contributed by atoms with E-state index in [1.807, 2.05) is 47.2 Å². The SMILES string of the molecule is Oc1c(Cn2ccnc2)cnc2ccc(C#CCc3ccccc3)cc12. The van der Waals surface area contributed by atoms with Crippen LogP contribution < -0.4 is 0 Å². The van der Waals surface area contributed by atoms with Crippen molar-refractivity contribution in [2.75, 3.05) is 0 Å². The zero-order chi connectivity index (χ0) is 17.8. The van der Waals surface area contributed by atoms with Crippen LogP contribution in [0.3, 0.4) is 0 Å². The van der Waals surface area contributed by atoms with E-state index in [1.165, 1.54) is 5.56 Å². The lowest BCUT2D eigenvalue weighted by atomic mass is 10.1. The number of fused-ring (bicyclic) bond motifs is 1. The Hall–Kier alpha value is -3.58. The third-order valence-electron chi connectivity index (χ3n) is 4.20. The molecular weight excluding hydrogens is 322 g/mol. The first kappa shape index (κ1) is 15.9. The number of rotatable bonds is 3. The Morgan fingerprint density at radius 2 is 1.96 bits per heavy atom. The maximum absolute atomic E-state index is 10.7. The largest absolute Gasteiger partial charge is 0.507 e. The fourth-order valence-electron chi connectivity index (χ4n) is 2.83. The number of aromatic hydroxyl groups is 1. The first-order chi connectivity index (χ1) is 12.8. The summed E-state index contributed by atoms with van der Waals surface area (Å²) in [6, 6.07) is 15.9. The summed E-state index contributed by atoms with van der Waals surface area (Å²) in [5.74, 6) is 6.61. The molecule has 2 aromatic carbocycles. The van der Waals surface area contributed by atoms with Gasteiger partial charge in [-0.3, -0.25) is 4.98 Å². The van der Waals surface area contributed by atoms with Gasteiger partial charge in [0.2, 0.25) is 0 Å². The van der Waals surface area contributed by atoms with E-state index in [0.29, 0.717) is 18.4 Å². The summed E-state index contributed by atoms with van der Waals surface area (Å²) in [5.41, 5.74) is 3.56. The van der Waals surface area contributed by atoms with Gasteiger partial charge >= 0.3 is 0 Å². The first-order valence-electron chi connectivity index (χ1n) is 8.39. The summed E-state index contributed by atoms with van der Waals surface area (Å²) in [6.45, 7) is 0.526.